The average molecular weight is 230 g/mol. The molecule has 1 aliphatic rings. The summed E-state index contributed by atoms with van der Waals surface area (Å²) in [5, 5.41) is 13.1. The van der Waals surface area contributed by atoms with Crippen molar-refractivity contribution in [3.63, 3.8) is 0 Å². The van der Waals surface area contributed by atoms with E-state index in [1.807, 2.05) is 0 Å². The van der Waals surface area contributed by atoms with Crippen LogP contribution in [0.2, 0.25) is 5.02 Å². The summed E-state index contributed by atoms with van der Waals surface area (Å²) in [5.74, 6) is -0.504. The molecule has 82 valence electrons. The molecule has 0 saturated carbocycles. The molecule has 0 radical (unpaired) electrons. The molecule has 0 aliphatic carbocycles. The molecule has 15 heavy (non-hydrogen) atoms. The van der Waals surface area contributed by atoms with Gasteiger partial charge in [-0.05, 0) is 37.9 Å². The minimum atomic E-state index is -0.384. The second kappa shape index (κ2) is 4.37. The largest absolute Gasteiger partial charge is 0.506 e. The van der Waals surface area contributed by atoms with Crippen molar-refractivity contribution in [1.82, 2.24) is 5.32 Å². The zero-order valence-corrected chi connectivity index (χ0v) is 9.02. The first-order valence-corrected chi connectivity index (χ1v) is 5.45. The van der Waals surface area contributed by atoms with Crippen LogP contribution >= 0.6 is 11.6 Å². The van der Waals surface area contributed by atoms with E-state index in [0.29, 0.717) is 12.0 Å². The number of halogens is 2. The molecule has 2 rings (SSSR count). The molecular weight excluding hydrogens is 217 g/mol. The first-order chi connectivity index (χ1) is 7.18. The van der Waals surface area contributed by atoms with E-state index in [4.69, 9.17) is 11.6 Å². The third kappa shape index (κ3) is 2.24. The molecule has 1 saturated heterocycles. The van der Waals surface area contributed by atoms with Gasteiger partial charge in [0.15, 0.2) is 0 Å². The van der Waals surface area contributed by atoms with E-state index in [9.17, 15) is 9.50 Å². The number of phenolic OH excluding ortho intramolecular Hbond substituents is 1. The van der Waals surface area contributed by atoms with Crippen LogP contribution in [-0.4, -0.2) is 17.7 Å². The normalized spacial score (nSPS) is 20.8. The molecule has 2 N–H and O–H groups in total. The predicted molar refractivity (Wildman–Crippen MR) is 57.8 cm³/mol. The molecule has 1 unspecified atom stereocenters. The topological polar surface area (TPSA) is 32.3 Å². The van der Waals surface area contributed by atoms with E-state index in [1.165, 1.54) is 12.1 Å². The number of hydrogen-bond donors (Lipinski definition) is 2. The summed E-state index contributed by atoms with van der Waals surface area (Å²) in [6.45, 7) is 0.966. The molecule has 1 atom stereocenters. The number of aromatic hydroxyl groups is 1. The zero-order valence-electron chi connectivity index (χ0n) is 8.26. The van der Waals surface area contributed by atoms with Crippen LogP contribution in [0.3, 0.4) is 0 Å². The van der Waals surface area contributed by atoms with Crippen molar-refractivity contribution in [3.05, 3.63) is 28.5 Å². The zero-order chi connectivity index (χ0) is 10.8. The first-order valence-electron chi connectivity index (χ1n) is 5.07. The smallest absolute Gasteiger partial charge is 0.140 e. The van der Waals surface area contributed by atoms with Gasteiger partial charge >= 0.3 is 0 Å². The van der Waals surface area contributed by atoms with Gasteiger partial charge in [-0.3, -0.25) is 0 Å². The predicted octanol–water partition coefficient (Wildman–Crippen LogP) is 2.48. The highest BCUT2D eigenvalue weighted by molar-refractivity contribution is 6.32. The lowest BCUT2D eigenvalue weighted by molar-refractivity contribution is 0.450. The standard InChI is InChI=1S/C11H13ClFNO/c12-9-3-4-10(13)8(11(9)15)6-7-2-1-5-14-7/h3-4,7,14-15H,1-2,5-6H2. The van der Waals surface area contributed by atoms with Crippen LogP contribution < -0.4 is 5.32 Å². The molecular formula is C11H13ClFNO. The van der Waals surface area contributed by atoms with Gasteiger partial charge in [-0.15, -0.1) is 0 Å². The van der Waals surface area contributed by atoms with Gasteiger partial charge in [0.25, 0.3) is 0 Å². The minimum absolute atomic E-state index is 0.120. The van der Waals surface area contributed by atoms with E-state index in [-0.39, 0.29) is 22.6 Å². The summed E-state index contributed by atoms with van der Waals surface area (Å²) in [6, 6.07) is 2.92. The van der Waals surface area contributed by atoms with Crippen LogP contribution in [0.4, 0.5) is 4.39 Å². The third-order valence-electron chi connectivity index (χ3n) is 2.79. The second-order valence-electron chi connectivity index (χ2n) is 3.85. The van der Waals surface area contributed by atoms with Crippen molar-refractivity contribution in [3.8, 4) is 5.75 Å². The first kappa shape index (κ1) is 10.7. The van der Waals surface area contributed by atoms with Crippen molar-refractivity contribution >= 4 is 11.6 Å². The second-order valence-corrected chi connectivity index (χ2v) is 4.26. The van der Waals surface area contributed by atoms with Crippen molar-refractivity contribution in [2.45, 2.75) is 25.3 Å². The van der Waals surface area contributed by atoms with Gasteiger partial charge in [-0.25, -0.2) is 4.39 Å². The van der Waals surface area contributed by atoms with Crippen LogP contribution in [0.1, 0.15) is 18.4 Å². The third-order valence-corrected chi connectivity index (χ3v) is 3.09. The lowest BCUT2D eigenvalue weighted by Crippen LogP contribution is -2.24. The lowest BCUT2D eigenvalue weighted by Gasteiger charge is -2.12. The fraction of sp³-hybridized carbons (Fsp3) is 0.455. The summed E-state index contributed by atoms with van der Waals surface area (Å²) in [4.78, 5) is 0. The summed E-state index contributed by atoms with van der Waals surface area (Å²) < 4.78 is 13.4. The lowest BCUT2D eigenvalue weighted by atomic mass is 10.0. The highest BCUT2D eigenvalue weighted by Gasteiger charge is 2.19. The summed E-state index contributed by atoms with van der Waals surface area (Å²) in [6.07, 6.45) is 2.62. The van der Waals surface area contributed by atoms with Crippen molar-refractivity contribution in [2.24, 2.45) is 0 Å². The van der Waals surface area contributed by atoms with E-state index < -0.39 is 0 Å². The monoisotopic (exact) mass is 229 g/mol. The van der Waals surface area contributed by atoms with Crippen molar-refractivity contribution in [2.75, 3.05) is 6.54 Å². The Morgan fingerprint density at radius 3 is 3.00 bits per heavy atom. The number of nitrogens with one attached hydrogen (secondary N) is 1. The quantitative estimate of drug-likeness (QED) is 0.817. The molecule has 2 nitrogen and oxygen atoms in total. The van der Waals surface area contributed by atoms with Crippen LogP contribution in [-0.2, 0) is 6.42 Å². The molecule has 0 amide bonds. The Kier molecular flexibility index (Phi) is 3.12. The number of benzene rings is 1. The molecule has 1 aromatic carbocycles. The van der Waals surface area contributed by atoms with Gasteiger partial charge in [0.05, 0.1) is 5.02 Å². The molecule has 1 aromatic rings. The fourth-order valence-corrected chi connectivity index (χ4v) is 2.13. The number of rotatable bonds is 2. The van der Waals surface area contributed by atoms with Gasteiger partial charge in [-0.1, -0.05) is 11.6 Å². The van der Waals surface area contributed by atoms with Crippen LogP contribution in [0.5, 0.6) is 5.75 Å². The number of phenols is 1. The Balaban J connectivity index is 2.22. The Hall–Kier alpha value is -0.800. The summed E-state index contributed by atoms with van der Waals surface area (Å²) in [5.41, 5.74) is 0.321. The van der Waals surface area contributed by atoms with Gasteiger partial charge in [-0.2, -0.15) is 0 Å². The van der Waals surface area contributed by atoms with E-state index in [1.54, 1.807) is 0 Å². The van der Waals surface area contributed by atoms with Gasteiger partial charge in [0.1, 0.15) is 11.6 Å². The molecule has 0 bridgehead atoms. The Morgan fingerprint density at radius 1 is 1.53 bits per heavy atom. The maximum absolute atomic E-state index is 13.4. The Labute approximate surface area is 93.1 Å². The maximum Gasteiger partial charge on any atom is 0.140 e. The SMILES string of the molecule is Oc1c(Cl)ccc(F)c1CC1CCCN1. The minimum Gasteiger partial charge on any atom is -0.506 e. The summed E-state index contributed by atoms with van der Waals surface area (Å²) >= 11 is 5.73. The maximum atomic E-state index is 13.4. The highest BCUT2D eigenvalue weighted by atomic mass is 35.5. The molecule has 1 aliphatic heterocycles. The van der Waals surface area contributed by atoms with Crippen molar-refractivity contribution < 1.29 is 9.50 Å². The molecule has 1 heterocycles. The fourth-order valence-electron chi connectivity index (χ4n) is 1.95. The van der Waals surface area contributed by atoms with E-state index in [0.717, 1.165) is 19.4 Å². The molecule has 0 spiro atoms. The van der Waals surface area contributed by atoms with Crippen LogP contribution in [0.15, 0.2) is 12.1 Å². The van der Waals surface area contributed by atoms with Crippen molar-refractivity contribution in [1.29, 1.82) is 0 Å². The molecule has 0 aromatic heterocycles. The summed E-state index contributed by atoms with van der Waals surface area (Å²) in [7, 11) is 0. The average Bonchev–Trinajstić information content (AvgIpc) is 2.71. The molecule has 1 fully saturated rings. The van der Waals surface area contributed by atoms with Gasteiger partial charge in [0.2, 0.25) is 0 Å². The molecule has 4 heteroatoms. The van der Waals surface area contributed by atoms with E-state index >= 15 is 0 Å². The number of hydrogen-bond acceptors (Lipinski definition) is 2. The van der Waals surface area contributed by atoms with Crippen LogP contribution in [0, 0.1) is 5.82 Å². The van der Waals surface area contributed by atoms with Crippen LogP contribution in [0.25, 0.3) is 0 Å². The highest BCUT2D eigenvalue weighted by Crippen LogP contribution is 2.31. The van der Waals surface area contributed by atoms with Gasteiger partial charge < -0.3 is 10.4 Å². The van der Waals surface area contributed by atoms with Gasteiger partial charge in [0, 0.05) is 11.6 Å². The van der Waals surface area contributed by atoms with E-state index in [2.05, 4.69) is 5.32 Å². The Bertz CT molecular complexity index is 364. The Morgan fingerprint density at radius 2 is 2.33 bits per heavy atom.